The third-order valence-electron chi connectivity index (χ3n) is 8.93. The number of hydrogen-bond acceptors (Lipinski definition) is 11. The van der Waals surface area contributed by atoms with E-state index in [1.54, 1.807) is 5.32 Å². The van der Waals surface area contributed by atoms with Crippen molar-refractivity contribution in [3.8, 4) is 11.3 Å². The smallest absolute Gasteiger partial charge is 0.460 e. The minimum Gasteiger partial charge on any atom is -0.478 e. The molecule has 0 saturated carbocycles. The fraction of sp³-hybridized carbons (Fsp3) is 0.559. The fourth-order valence-corrected chi connectivity index (χ4v) is 5.35. The molecular weight excluding hydrogens is 979 g/mol. The highest BCUT2D eigenvalue weighted by Crippen LogP contribution is 2.64. The Morgan fingerprint density at radius 3 is 1.63 bits per heavy atom. The summed E-state index contributed by atoms with van der Waals surface area (Å²) in [5.74, 6) is -65.9. The zero-order valence-electron chi connectivity index (χ0n) is 32.8. The highest BCUT2D eigenvalue weighted by atomic mass is 19.4. The van der Waals surface area contributed by atoms with Gasteiger partial charge in [-0.3, -0.25) is 24.0 Å². The molecule has 376 valence electrons. The van der Waals surface area contributed by atoms with E-state index in [1.165, 1.54) is 0 Å². The largest absolute Gasteiger partial charge is 0.478 e. The topological polar surface area (TPSA) is 233 Å². The number of nitrogens with zero attached hydrogens (tertiary/aromatic N) is 1. The van der Waals surface area contributed by atoms with Crippen LogP contribution in [0.3, 0.4) is 0 Å². The van der Waals surface area contributed by atoms with Crippen molar-refractivity contribution in [1.82, 2.24) is 20.8 Å². The predicted molar refractivity (Wildman–Crippen MR) is 180 cm³/mol. The monoisotopic (exact) mass is 1010 g/mol. The van der Waals surface area contributed by atoms with E-state index in [0.717, 1.165) is 12.1 Å². The summed E-state index contributed by atoms with van der Waals surface area (Å²) in [6.45, 7) is -1.65. The van der Waals surface area contributed by atoms with Crippen LogP contribution >= 0.6 is 0 Å². The molecule has 0 saturated heterocycles. The summed E-state index contributed by atoms with van der Waals surface area (Å²) in [6, 6.07) is 1.59. The van der Waals surface area contributed by atoms with E-state index in [2.05, 4.69) is 9.97 Å². The van der Waals surface area contributed by atoms with Crippen LogP contribution in [0.1, 0.15) is 71.4 Å². The first-order valence-electron chi connectivity index (χ1n) is 18.0. The van der Waals surface area contributed by atoms with Gasteiger partial charge in [0.2, 0.25) is 11.7 Å². The molecule has 0 atom stereocenters. The van der Waals surface area contributed by atoms with Gasteiger partial charge >= 0.3 is 59.6 Å². The van der Waals surface area contributed by atoms with Crippen LogP contribution < -0.4 is 10.8 Å². The molecule has 0 radical (unpaired) electrons. The number of carbonyl (C=O) groups is 6. The SMILES string of the molecule is O=C(CCC(F)(F)C(F)(F)C(F)(F)C(F)(F)C(F)(F)C(F)(F)C(F)(F)C(F)(F)F)NCCCOCCOCCOCCONC(=O)c1cc(C(=O)O)c2c(n1)C(=O)C(=O)c1cc(C(=O)O)[nH]c1-2. The van der Waals surface area contributed by atoms with E-state index in [9.17, 15) is 114 Å². The first-order chi connectivity index (χ1) is 30.5. The number of nitrogens with one attached hydrogen (secondary N) is 3. The van der Waals surface area contributed by atoms with Gasteiger partial charge in [-0.2, -0.15) is 74.6 Å². The van der Waals surface area contributed by atoms with Crippen LogP contribution in [0, 0.1) is 0 Å². The quantitative estimate of drug-likeness (QED) is 0.0322. The lowest BCUT2D eigenvalue weighted by molar-refractivity contribution is -0.461. The molecule has 2 aromatic heterocycles. The Bertz CT molecular complexity index is 2200. The van der Waals surface area contributed by atoms with Gasteiger partial charge < -0.3 is 34.7 Å². The van der Waals surface area contributed by atoms with Gasteiger partial charge in [-0.1, -0.05) is 0 Å². The Balaban J connectivity index is 1.32. The average molecular weight is 1010 g/mol. The van der Waals surface area contributed by atoms with Gasteiger partial charge in [0.25, 0.3) is 11.7 Å². The number of hydrogen-bond donors (Lipinski definition) is 5. The Kier molecular flexibility index (Phi) is 16.8. The zero-order chi connectivity index (χ0) is 51.4. The highest BCUT2D eigenvalue weighted by molar-refractivity contribution is 6.52. The minimum atomic E-state index is -8.75. The maximum atomic E-state index is 14.0. The van der Waals surface area contributed by atoms with Crippen molar-refractivity contribution in [3.63, 3.8) is 0 Å². The Labute approximate surface area is 360 Å². The lowest BCUT2D eigenvalue weighted by Gasteiger charge is -2.42. The van der Waals surface area contributed by atoms with Crippen LogP contribution in [0.5, 0.6) is 0 Å². The number of Topliss-reactive ketones (excluding diaryl/α,β-unsaturated/α-hetero) is 2. The van der Waals surface area contributed by atoms with Crippen LogP contribution in [0.15, 0.2) is 12.1 Å². The Morgan fingerprint density at radius 1 is 0.627 bits per heavy atom. The molecule has 2 amide bonds. The molecule has 0 unspecified atom stereocenters. The van der Waals surface area contributed by atoms with Crippen molar-refractivity contribution < 1.29 is 133 Å². The molecule has 33 heteroatoms. The molecule has 5 N–H and O–H groups in total. The summed E-state index contributed by atoms with van der Waals surface area (Å²) in [7, 11) is 0. The lowest BCUT2D eigenvalue weighted by atomic mass is 9.88. The molecule has 0 aromatic carbocycles. The number of pyridine rings is 1. The number of aromatic nitrogens is 2. The standard InChI is InChI=1S/C34H29F17N4O12/c35-27(36,28(37,38)29(39,40)30(41,42)31(43,44)32(45,46)33(47,48)34(49,50)51)3-2-18(56)52-4-1-5-64-6-7-65-8-9-66-10-11-67-55-24(59)16-12-14(25(60)61)19-20-15(13-17(54-20)26(62)63)22(57)23(58)21(19)53-16/h12-13,54H,1-11H2,(H,52,56)(H,55,59)(H,60,61)(H,62,63). The number of fused-ring (bicyclic) bond motifs is 3. The van der Waals surface area contributed by atoms with Crippen molar-refractivity contribution in [1.29, 1.82) is 0 Å². The maximum absolute atomic E-state index is 14.0. The summed E-state index contributed by atoms with van der Waals surface area (Å²) >= 11 is 0. The molecule has 67 heavy (non-hydrogen) atoms. The number of ether oxygens (including phenoxy) is 3. The summed E-state index contributed by atoms with van der Waals surface area (Å²) < 4.78 is 243. The van der Waals surface area contributed by atoms with Crippen molar-refractivity contribution in [2.45, 2.75) is 66.9 Å². The van der Waals surface area contributed by atoms with E-state index in [4.69, 9.17) is 19.0 Å². The second kappa shape index (κ2) is 20.3. The fourth-order valence-electron chi connectivity index (χ4n) is 5.35. The summed E-state index contributed by atoms with van der Waals surface area (Å²) in [5, 5.41) is 20.7. The Hall–Kier alpha value is -5.70. The molecule has 0 bridgehead atoms. The van der Waals surface area contributed by atoms with Crippen molar-refractivity contribution in [2.24, 2.45) is 0 Å². The number of hydroxylamine groups is 1. The molecule has 0 fully saturated rings. The van der Waals surface area contributed by atoms with Gasteiger partial charge in [0, 0.05) is 31.6 Å². The molecule has 2 aromatic rings. The number of carboxylic acid groups (broad SMARTS) is 2. The van der Waals surface area contributed by atoms with E-state index < -0.39 is 136 Å². The second-order valence-corrected chi connectivity index (χ2v) is 13.5. The number of H-pyrrole nitrogens is 1. The third kappa shape index (κ3) is 10.9. The average Bonchev–Trinajstić information content (AvgIpc) is 3.68. The number of aromatic carboxylic acids is 2. The van der Waals surface area contributed by atoms with Gasteiger partial charge in [0.05, 0.1) is 56.5 Å². The van der Waals surface area contributed by atoms with Crippen LogP contribution in [0.25, 0.3) is 11.3 Å². The molecule has 3 rings (SSSR count). The third-order valence-corrected chi connectivity index (χ3v) is 8.93. The normalized spacial score (nSPS) is 14.2. The minimum absolute atomic E-state index is 0.0673. The molecule has 1 aliphatic rings. The number of carbonyl (C=O) groups excluding carboxylic acids is 4. The number of halogens is 17. The zero-order valence-corrected chi connectivity index (χ0v) is 32.8. The van der Waals surface area contributed by atoms with Crippen molar-refractivity contribution in [3.05, 3.63) is 40.3 Å². The summed E-state index contributed by atoms with van der Waals surface area (Å²) in [5.41, 5.74) is -1.87. The van der Waals surface area contributed by atoms with Crippen LogP contribution in [0.2, 0.25) is 0 Å². The van der Waals surface area contributed by atoms with E-state index in [0.29, 0.717) is 0 Å². The first-order valence-corrected chi connectivity index (χ1v) is 18.0. The Morgan fingerprint density at radius 2 is 1.12 bits per heavy atom. The second-order valence-electron chi connectivity index (χ2n) is 13.5. The molecule has 0 spiro atoms. The molecule has 1 aliphatic carbocycles. The van der Waals surface area contributed by atoms with Crippen LogP contribution in [0.4, 0.5) is 74.6 Å². The van der Waals surface area contributed by atoms with E-state index in [-0.39, 0.29) is 58.4 Å². The lowest BCUT2D eigenvalue weighted by Crippen LogP contribution is -2.74. The summed E-state index contributed by atoms with van der Waals surface area (Å²) in [4.78, 5) is 83.9. The number of ketones is 2. The highest BCUT2D eigenvalue weighted by Gasteiger charge is 2.95. The van der Waals surface area contributed by atoms with Crippen molar-refractivity contribution in [2.75, 3.05) is 52.8 Å². The first kappa shape index (κ1) is 55.6. The van der Waals surface area contributed by atoms with Crippen molar-refractivity contribution >= 4 is 35.3 Å². The number of rotatable bonds is 26. The van der Waals surface area contributed by atoms with E-state index >= 15 is 0 Å². The van der Waals surface area contributed by atoms with Gasteiger partial charge in [0.1, 0.15) is 17.1 Å². The van der Waals surface area contributed by atoms with Gasteiger partial charge in [-0.25, -0.2) is 20.1 Å². The summed E-state index contributed by atoms with van der Waals surface area (Å²) in [6.07, 6.45) is -12.9. The van der Waals surface area contributed by atoms with Gasteiger partial charge in [-0.05, 0) is 18.6 Å². The molecule has 2 heterocycles. The van der Waals surface area contributed by atoms with E-state index in [1.807, 2.05) is 5.48 Å². The maximum Gasteiger partial charge on any atom is 0.460 e. The van der Waals surface area contributed by atoms with Gasteiger partial charge in [0.15, 0.2) is 0 Å². The number of carboxylic acids is 2. The molecule has 0 aliphatic heterocycles. The van der Waals surface area contributed by atoms with Crippen LogP contribution in [-0.2, 0) is 23.8 Å². The van der Waals surface area contributed by atoms with Gasteiger partial charge in [-0.15, -0.1) is 0 Å². The molecule has 16 nitrogen and oxygen atoms in total. The number of aromatic amines is 1. The van der Waals surface area contributed by atoms with Crippen LogP contribution in [-0.4, -0.2) is 156 Å². The predicted octanol–water partition coefficient (Wildman–Crippen LogP) is 5.86. The molecular formula is C34H29F17N4O12. The number of amides is 2. The number of alkyl halides is 17.